The van der Waals surface area contributed by atoms with Crippen molar-refractivity contribution in [2.24, 2.45) is 0 Å². The summed E-state index contributed by atoms with van der Waals surface area (Å²) in [5.41, 5.74) is 0. The second-order valence-corrected chi connectivity index (χ2v) is 6.34. The topological polar surface area (TPSA) is 64.7 Å². The molecule has 0 aromatic heterocycles. The minimum atomic E-state index is 0.159. The van der Waals surface area contributed by atoms with Gasteiger partial charge in [0.2, 0.25) is 11.8 Å². The van der Waals surface area contributed by atoms with Crippen molar-refractivity contribution in [3.63, 3.8) is 0 Å². The average molecular weight is 310 g/mol. The molecule has 0 aromatic rings. The van der Waals surface area contributed by atoms with E-state index in [1.165, 1.54) is 0 Å². The molecule has 2 N–H and O–H groups in total. The summed E-state index contributed by atoms with van der Waals surface area (Å²) in [6.45, 7) is 8.21. The van der Waals surface area contributed by atoms with Gasteiger partial charge in [-0.15, -0.1) is 0 Å². The molecule has 0 aliphatic carbocycles. The molecule has 126 valence electrons. The molecule has 0 saturated carbocycles. The Balaban J connectivity index is 1.68. The normalized spacial score (nSPS) is 23.3. The van der Waals surface area contributed by atoms with Gasteiger partial charge < -0.3 is 20.4 Å². The number of rotatable bonds is 6. The van der Waals surface area contributed by atoms with Crippen molar-refractivity contribution in [2.75, 3.05) is 45.8 Å². The van der Waals surface area contributed by atoms with Gasteiger partial charge in [-0.2, -0.15) is 0 Å². The van der Waals surface area contributed by atoms with Crippen molar-refractivity contribution in [1.82, 2.24) is 20.4 Å². The molecule has 1 atom stereocenters. The van der Waals surface area contributed by atoms with E-state index in [4.69, 9.17) is 0 Å². The molecule has 2 fully saturated rings. The van der Waals surface area contributed by atoms with Crippen LogP contribution in [-0.4, -0.2) is 73.5 Å². The Morgan fingerprint density at radius 2 is 1.95 bits per heavy atom. The summed E-state index contributed by atoms with van der Waals surface area (Å²) in [6.07, 6.45) is 4.24. The van der Waals surface area contributed by atoms with Crippen molar-refractivity contribution >= 4 is 11.8 Å². The van der Waals surface area contributed by atoms with E-state index in [2.05, 4.69) is 15.5 Å². The maximum Gasteiger partial charge on any atom is 0.223 e. The van der Waals surface area contributed by atoms with Gasteiger partial charge in [0.1, 0.15) is 0 Å². The molecule has 2 amide bonds. The monoisotopic (exact) mass is 310 g/mol. The summed E-state index contributed by atoms with van der Waals surface area (Å²) in [4.78, 5) is 28.2. The first-order valence-electron chi connectivity index (χ1n) is 8.69. The van der Waals surface area contributed by atoms with Crippen LogP contribution in [0.5, 0.6) is 0 Å². The summed E-state index contributed by atoms with van der Waals surface area (Å²) >= 11 is 0. The first-order chi connectivity index (χ1) is 10.7. The molecule has 0 radical (unpaired) electrons. The van der Waals surface area contributed by atoms with Crippen LogP contribution in [0.2, 0.25) is 0 Å². The fraction of sp³-hybridized carbons (Fsp3) is 0.875. The van der Waals surface area contributed by atoms with Gasteiger partial charge in [-0.3, -0.25) is 9.59 Å². The molecule has 2 aliphatic heterocycles. The second-order valence-electron chi connectivity index (χ2n) is 6.34. The van der Waals surface area contributed by atoms with Crippen molar-refractivity contribution in [1.29, 1.82) is 0 Å². The van der Waals surface area contributed by atoms with Gasteiger partial charge in [-0.25, -0.2) is 0 Å². The molecule has 2 rings (SSSR count). The number of piperidine rings is 1. The summed E-state index contributed by atoms with van der Waals surface area (Å²) in [5, 5.41) is 6.38. The number of amides is 2. The number of hydrogen-bond donors (Lipinski definition) is 2. The Morgan fingerprint density at radius 1 is 1.18 bits per heavy atom. The maximum atomic E-state index is 12.2. The predicted octanol–water partition coefficient (Wildman–Crippen LogP) is 0.189. The SMILES string of the molecule is CCCC(=O)NC1CCCN(CCC(=O)N2CCNCC2)C1. The number of carbonyl (C=O) groups excluding carboxylic acids is 2. The Morgan fingerprint density at radius 3 is 2.68 bits per heavy atom. The molecule has 2 heterocycles. The van der Waals surface area contributed by atoms with Gasteiger partial charge in [0.25, 0.3) is 0 Å². The zero-order valence-electron chi connectivity index (χ0n) is 13.8. The maximum absolute atomic E-state index is 12.2. The Kier molecular flexibility index (Phi) is 7.12. The van der Waals surface area contributed by atoms with Crippen molar-refractivity contribution in [3.8, 4) is 0 Å². The number of carbonyl (C=O) groups is 2. The van der Waals surface area contributed by atoms with E-state index in [1.54, 1.807) is 0 Å². The van der Waals surface area contributed by atoms with E-state index in [9.17, 15) is 9.59 Å². The first-order valence-corrected chi connectivity index (χ1v) is 8.69. The quantitative estimate of drug-likeness (QED) is 0.735. The standard InChI is InChI=1S/C16H30N4O2/c1-2-4-15(21)18-14-5-3-9-19(13-14)10-6-16(22)20-11-7-17-8-12-20/h14,17H,2-13H2,1H3,(H,18,21). The van der Waals surface area contributed by atoms with Gasteiger partial charge in [-0.05, 0) is 25.8 Å². The molecule has 22 heavy (non-hydrogen) atoms. The van der Waals surface area contributed by atoms with E-state index < -0.39 is 0 Å². The van der Waals surface area contributed by atoms with Crippen LogP contribution in [0.25, 0.3) is 0 Å². The van der Waals surface area contributed by atoms with Crippen LogP contribution in [0.15, 0.2) is 0 Å². The van der Waals surface area contributed by atoms with Crippen LogP contribution < -0.4 is 10.6 Å². The summed E-state index contributed by atoms with van der Waals surface area (Å²) in [6, 6.07) is 0.252. The third kappa shape index (κ3) is 5.57. The molecule has 0 bridgehead atoms. The summed E-state index contributed by atoms with van der Waals surface area (Å²) in [7, 11) is 0. The molecule has 2 aliphatic rings. The lowest BCUT2D eigenvalue weighted by Gasteiger charge is -2.34. The van der Waals surface area contributed by atoms with Crippen molar-refractivity contribution in [3.05, 3.63) is 0 Å². The van der Waals surface area contributed by atoms with Crippen LogP contribution in [0.3, 0.4) is 0 Å². The van der Waals surface area contributed by atoms with Crippen LogP contribution in [0, 0.1) is 0 Å². The molecule has 6 heteroatoms. The van der Waals surface area contributed by atoms with Gasteiger partial charge >= 0.3 is 0 Å². The second kappa shape index (κ2) is 9.10. The molecule has 0 spiro atoms. The van der Waals surface area contributed by atoms with E-state index in [0.717, 1.165) is 65.1 Å². The number of likely N-dealkylation sites (tertiary alicyclic amines) is 1. The number of nitrogens with zero attached hydrogens (tertiary/aromatic N) is 2. The van der Waals surface area contributed by atoms with Gasteiger partial charge in [0, 0.05) is 58.2 Å². The fourth-order valence-corrected chi connectivity index (χ4v) is 3.23. The molecule has 0 aromatic carbocycles. The van der Waals surface area contributed by atoms with E-state index >= 15 is 0 Å². The lowest BCUT2D eigenvalue weighted by molar-refractivity contribution is -0.132. The lowest BCUT2D eigenvalue weighted by atomic mass is 10.0. The van der Waals surface area contributed by atoms with Crippen LogP contribution in [0.1, 0.15) is 39.0 Å². The number of hydrogen-bond acceptors (Lipinski definition) is 4. The van der Waals surface area contributed by atoms with Crippen LogP contribution in [-0.2, 0) is 9.59 Å². The third-order valence-electron chi connectivity index (χ3n) is 4.46. The van der Waals surface area contributed by atoms with Crippen molar-refractivity contribution < 1.29 is 9.59 Å². The zero-order valence-corrected chi connectivity index (χ0v) is 13.8. The smallest absolute Gasteiger partial charge is 0.223 e. The van der Waals surface area contributed by atoms with Gasteiger partial charge in [0.15, 0.2) is 0 Å². The van der Waals surface area contributed by atoms with Crippen molar-refractivity contribution in [2.45, 2.75) is 45.1 Å². The minimum absolute atomic E-state index is 0.159. The average Bonchev–Trinajstić information content (AvgIpc) is 2.54. The lowest BCUT2D eigenvalue weighted by Crippen LogP contribution is -2.49. The van der Waals surface area contributed by atoms with E-state index in [1.807, 2.05) is 11.8 Å². The van der Waals surface area contributed by atoms with Crippen LogP contribution >= 0.6 is 0 Å². The highest BCUT2D eigenvalue weighted by atomic mass is 16.2. The minimum Gasteiger partial charge on any atom is -0.352 e. The third-order valence-corrected chi connectivity index (χ3v) is 4.46. The number of piperazine rings is 1. The highest BCUT2D eigenvalue weighted by Gasteiger charge is 2.22. The van der Waals surface area contributed by atoms with Crippen LogP contribution in [0.4, 0.5) is 0 Å². The summed E-state index contributed by atoms with van der Waals surface area (Å²) < 4.78 is 0. The summed E-state index contributed by atoms with van der Waals surface area (Å²) in [5.74, 6) is 0.421. The largest absolute Gasteiger partial charge is 0.352 e. The molecular weight excluding hydrogens is 280 g/mol. The van der Waals surface area contributed by atoms with Gasteiger partial charge in [-0.1, -0.05) is 6.92 Å². The first kappa shape index (κ1) is 17.2. The van der Waals surface area contributed by atoms with E-state index in [0.29, 0.717) is 12.8 Å². The Hall–Kier alpha value is -1.14. The predicted molar refractivity (Wildman–Crippen MR) is 86.6 cm³/mol. The Bertz CT molecular complexity index is 369. The van der Waals surface area contributed by atoms with E-state index in [-0.39, 0.29) is 17.9 Å². The zero-order chi connectivity index (χ0) is 15.8. The molecule has 6 nitrogen and oxygen atoms in total. The number of nitrogens with one attached hydrogen (secondary N) is 2. The highest BCUT2D eigenvalue weighted by molar-refractivity contribution is 5.76. The fourth-order valence-electron chi connectivity index (χ4n) is 3.23. The molecule has 2 saturated heterocycles. The molecular formula is C16H30N4O2. The highest BCUT2D eigenvalue weighted by Crippen LogP contribution is 2.11. The Labute approximate surface area is 133 Å². The van der Waals surface area contributed by atoms with Gasteiger partial charge in [0.05, 0.1) is 0 Å². The molecule has 1 unspecified atom stereocenters.